The third-order valence-electron chi connectivity index (χ3n) is 3.26. The summed E-state index contributed by atoms with van der Waals surface area (Å²) in [4.78, 5) is 22.7. The van der Waals surface area contributed by atoms with Crippen LogP contribution in [0, 0.1) is 0 Å². The number of nitrogens with one attached hydrogen (secondary N) is 1. The van der Waals surface area contributed by atoms with Gasteiger partial charge in [0.2, 0.25) is 0 Å². The summed E-state index contributed by atoms with van der Waals surface area (Å²) in [5, 5.41) is 2.44. The Bertz CT molecular complexity index is 633. The van der Waals surface area contributed by atoms with Crippen molar-refractivity contribution >= 4 is 12.4 Å². The summed E-state index contributed by atoms with van der Waals surface area (Å²) >= 11 is 0. The van der Waals surface area contributed by atoms with Gasteiger partial charge >= 0.3 is 6.09 Å². The third kappa shape index (κ3) is 7.60. The zero-order valence-electron chi connectivity index (χ0n) is 13.8. The highest BCUT2D eigenvalue weighted by Crippen LogP contribution is 2.01. The Hall–Kier alpha value is -2.70. The normalized spacial score (nSPS) is 11.5. The first-order valence-corrected chi connectivity index (χ1v) is 7.90. The van der Waals surface area contributed by atoms with Crippen molar-refractivity contribution in [3.05, 3.63) is 71.8 Å². The second-order valence-electron chi connectivity index (χ2n) is 5.27. The molecule has 2 aromatic rings. The maximum Gasteiger partial charge on any atom is 0.408 e. The second-order valence-corrected chi connectivity index (χ2v) is 5.27. The minimum atomic E-state index is -0.788. The number of rotatable bonds is 10. The lowest BCUT2D eigenvalue weighted by Gasteiger charge is -2.13. The molecule has 0 aromatic heterocycles. The Morgan fingerprint density at radius 1 is 0.920 bits per heavy atom. The Morgan fingerprint density at radius 2 is 1.52 bits per heavy atom. The van der Waals surface area contributed by atoms with E-state index < -0.39 is 12.1 Å². The van der Waals surface area contributed by atoms with Crippen molar-refractivity contribution in [2.75, 3.05) is 13.4 Å². The Kier molecular flexibility index (Phi) is 8.17. The van der Waals surface area contributed by atoms with Crippen LogP contribution in [0.15, 0.2) is 60.7 Å². The van der Waals surface area contributed by atoms with Gasteiger partial charge in [-0.3, -0.25) is 0 Å². The van der Waals surface area contributed by atoms with Gasteiger partial charge in [-0.25, -0.2) is 4.79 Å². The largest absolute Gasteiger partial charge is 0.445 e. The standard InChI is InChI=1S/C19H21NO5/c21-11-18(14-24-15-23-12-16-7-3-1-4-8-16)20-19(22)25-13-17-9-5-2-6-10-17/h1-11,18H,12-15H2,(H,20,22)/t18-/m1/s1. The van der Waals surface area contributed by atoms with Crippen LogP contribution in [0.25, 0.3) is 0 Å². The van der Waals surface area contributed by atoms with Gasteiger partial charge in [0, 0.05) is 0 Å². The van der Waals surface area contributed by atoms with Crippen LogP contribution in [0.5, 0.6) is 0 Å². The predicted octanol–water partition coefficient (Wildman–Crippen LogP) is 2.67. The van der Waals surface area contributed by atoms with Crippen molar-refractivity contribution < 1.29 is 23.8 Å². The van der Waals surface area contributed by atoms with Gasteiger partial charge in [0.15, 0.2) is 0 Å². The molecular weight excluding hydrogens is 322 g/mol. The first kappa shape index (κ1) is 18.6. The molecule has 2 aromatic carbocycles. The molecule has 0 aliphatic carbocycles. The lowest BCUT2D eigenvalue weighted by Crippen LogP contribution is -2.39. The van der Waals surface area contributed by atoms with Gasteiger partial charge in [-0.15, -0.1) is 0 Å². The van der Waals surface area contributed by atoms with E-state index in [4.69, 9.17) is 14.2 Å². The van der Waals surface area contributed by atoms with Crippen LogP contribution < -0.4 is 5.32 Å². The van der Waals surface area contributed by atoms with Gasteiger partial charge in [0.1, 0.15) is 25.7 Å². The van der Waals surface area contributed by atoms with Gasteiger partial charge in [-0.2, -0.15) is 0 Å². The van der Waals surface area contributed by atoms with E-state index >= 15 is 0 Å². The molecule has 0 saturated heterocycles. The van der Waals surface area contributed by atoms with Gasteiger partial charge in [0.25, 0.3) is 0 Å². The fourth-order valence-corrected chi connectivity index (χ4v) is 2.00. The molecule has 0 aliphatic heterocycles. The summed E-state index contributed by atoms with van der Waals surface area (Å²) in [7, 11) is 0. The van der Waals surface area contributed by atoms with Crippen molar-refractivity contribution in [3.63, 3.8) is 0 Å². The molecule has 0 unspecified atom stereocenters. The smallest absolute Gasteiger partial charge is 0.408 e. The topological polar surface area (TPSA) is 73.9 Å². The van der Waals surface area contributed by atoms with E-state index in [0.717, 1.165) is 11.1 Å². The van der Waals surface area contributed by atoms with Crippen molar-refractivity contribution in [3.8, 4) is 0 Å². The van der Waals surface area contributed by atoms with Crippen molar-refractivity contribution in [1.29, 1.82) is 0 Å². The number of benzene rings is 2. The molecule has 0 fully saturated rings. The molecule has 2 rings (SSSR count). The van der Waals surface area contributed by atoms with Gasteiger partial charge in [-0.05, 0) is 11.1 Å². The highest BCUT2D eigenvalue weighted by atomic mass is 16.7. The van der Waals surface area contributed by atoms with Crippen LogP contribution in [0.4, 0.5) is 4.79 Å². The molecule has 132 valence electrons. The monoisotopic (exact) mass is 343 g/mol. The Labute approximate surface area is 146 Å². The molecule has 0 aliphatic rings. The summed E-state index contributed by atoms with van der Waals surface area (Å²) in [6, 6.07) is 18.2. The summed E-state index contributed by atoms with van der Waals surface area (Å²) in [5.74, 6) is 0. The molecule has 1 atom stereocenters. The molecule has 1 amide bonds. The molecule has 6 nitrogen and oxygen atoms in total. The molecule has 0 heterocycles. The van der Waals surface area contributed by atoms with Crippen LogP contribution in [0.1, 0.15) is 11.1 Å². The number of hydrogen-bond acceptors (Lipinski definition) is 5. The number of carbonyl (C=O) groups excluding carboxylic acids is 2. The first-order chi connectivity index (χ1) is 12.3. The fraction of sp³-hybridized carbons (Fsp3) is 0.263. The van der Waals surface area contributed by atoms with Crippen LogP contribution in [-0.2, 0) is 32.2 Å². The van der Waals surface area contributed by atoms with Crippen LogP contribution in [-0.4, -0.2) is 31.8 Å². The van der Waals surface area contributed by atoms with Gasteiger partial charge in [-0.1, -0.05) is 60.7 Å². The molecule has 0 spiro atoms. The van der Waals surface area contributed by atoms with E-state index in [-0.39, 0.29) is 20.0 Å². The minimum absolute atomic E-state index is 0.0126. The number of ether oxygens (including phenoxy) is 3. The van der Waals surface area contributed by atoms with Crippen molar-refractivity contribution in [2.45, 2.75) is 19.3 Å². The molecule has 6 heteroatoms. The average molecular weight is 343 g/mol. The summed E-state index contributed by atoms with van der Waals surface area (Å²) in [6.07, 6.45) is -0.0733. The molecule has 0 saturated carbocycles. The van der Waals surface area contributed by atoms with E-state index in [1.54, 1.807) is 0 Å². The number of alkyl carbamates (subject to hydrolysis) is 1. The molecule has 0 bridgehead atoms. The van der Waals surface area contributed by atoms with E-state index in [1.807, 2.05) is 60.7 Å². The average Bonchev–Trinajstić information content (AvgIpc) is 2.67. The van der Waals surface area contributed by atoms with Crippen molar-refractivity contribution in [1.82, 2.24) is 5.32 Å². The summed E-state index contributed by atoms with van der Waals surface area (Å²) in [5.41, 5.74) is 1.89. The van der Waals surface area contributed by atoms with Crippen LogP contribution in [0.3, 0.4) is 0 Å². The minimum Gasteiger partial charge on any atom is -0.445 e. The number of amides is 1. The molecular formula is C19H21NO5. The molecule has 25 heavy (non-hydrogen) atoms. The third-order valence-corrected chi connectivity index (χ3v) is 3.26. The zero-order chi connectivity index (χ0) is 17.7. The number of aldehydes is 1. The summed E-state index contributed by atoms with van der Waals surface area (Å²) < 4.78 is 15.6. The molecule has 1 N–H and O–H groups in total. The Balaban J connectivity index is 1.59. The Morgan fingerprint density at radius 3 is 2.12 bits per heavy atom. The van der Waals surface area contributed by atoms with E-state index in [0.29, 0.717) is 12.9 Å². The van der Waals surface area contributed by atoms with Gasteiger partial charge in [0.05, 0.1) is 13.2 Å². The predicted molar refractivity (Wildman–Crippen MR) is 91.7 cm³/mol. The highest BCUT2D eigenvalue weighted by Gasteiger charge is 2.12. The fourth-order valence-electron chi connectivity index (χ4n) is 2.00. The van der Waals surface area contributed by atoms with E-state index in [2.05, 4.69) is 5.32 Å². The maximum atomic E-state index is 11.7. The van der Waals surface area contributed by atoms with Crippen LogP contribution >= 0.6 is 0 Å². The quantitative estimate of drug-likeness (QED) is 0.408. The number of carbonyl (C=O) groups is 2. The SMILES string of the molecule is O=C[C@H](COCOCc1ccccc1)NC(=O)OCc1ccccc1. The zero-order valence-corrected chi connectivity index (χ0v) is 13.8. The van der Waals surface area contributed by atoms with E-state index in [1.165, 1.54) is 0 Å². The van der Waals surface area contributed by atoms with Crippen molar-refractivity contribution in [2.24, 2.45) is 0 Å². The van der Waals surface area contributed by atoms with Crippen LogP contribution in [0.2, 0.25) is 0 Å². The lowest BCUT2D eigenvalue weighted by atomic mass is 10.2. The number of hydrogen-bond donors (Lipinski definition) is 1. The second kappa shape index (κ2) is 11.0. The maximum absolute atomic E-state index is 11.7. The molecule has 0 radical (unpaired) electrons. The summed E-state index contributed by atoms with van der Waals surface area (Å²) in [6.45, 7) is 0.594. The lowest BCUT2D eigenvalue weighted by molar-refractivity contribution is -0.113. The van der Waals surface area contributed by atoms with Gasteiger partial charge < -0.3 is 24.3 Å². The first-order valence-electron chi connectivity index (χ1n) is 7.90. The highest BCUT2D eigenvalue weighted by molar-refractivity contribution is 5.73. The van der Waals surface area contributed by atoms with E-state index in [9.17, 15) is 9.59 Å².